The van der Waals surface area contributed by atoms with E-state index in [4.69, 9.17) is 21.8 Å². The van der Waals surface area contributed by atoms with Gasteiger partial charge >= 0.3 is 0 Å². The minimum Gasteiger partial charge on any atom is -0.464 e. The highest BCUT2D eigenvalue weighted by Crippen LogP contribution is 2.28. The molecule has 0 fully saturated rings. The van der Waals surface area contributed by atoms with Crippen LogP contribution in [0.4, 0.5) is 4.39 Å². The van der Waals surface area contributed by atoms with Crippen molar-refractivity contribution in [3.63, 3.8) is 0 Å². The lowest BCUT2D eigenvalue weighted by Gasteiger charge is -2.11. The summed E-state index contributed by atoms with van der Waals surface area (Å²) in [4.78, 5) is 0. The Labute approximate surface area is 97.8 Å². The summed E-state index contributed by atoms with van der Waals surface area (Å²) in [6.07, 6.45) is 0. The maximum atomic E-state index is 13.1. The van der Waals surface area contributed by atoms with Crippen LogP contribution < -0.4 is 5.73 Å². The summed E-state index contributed by atoms with van der Waals surface area (Å²) >= 11 is 5.96. The van der Waals surface area contributed by atoms with Crippen LogP contribution in [0.5, 0.6) is 0 Å². The van der Waals surface area contributed by atoms with Crippen molar-refractivity contribution in [1.29, 1.82) is 0 Å². The standard InChI is InChI=1S/C12H11ClFNO/c1-7-2-5-11(16-7)12(15)9-6-8(14)3-4-10(9)13/h2-6,12H,15H2,1H3. The van der Waals surface area contributed by atoms with Crippen LogP contribution in [0, 0.1) is 12.7 Å². The Morgan fingerprint density at radius 3 is 2.69 bits per heavy atom. The molecule has 0 saturated heterocycles. The van der Waals surface area contributed by atoms with Gasteiger partial charge in [-0.2, -0.15) is 0 Å². The van der Waals surface area contributed by atoms with Crippen molar-refractivity contribution >= 4 is 11.6 Å². The van der Waals surface area contributed by atoms with Gasteiger partial charge in [-0.15, -0.1) is 0 Å². The molecule has 0 saturated carbocycles. The van der Waals surface area contributed by atoms with Crippen molar-refractivity contribution in [2.24, 2.45) is 5.73 Å². The van der Waals surface area contributed by atoms with Crippen LogP contribution in [-0.4, -0.2) is 0 Å². The molecule has 84 valence electrons. The van der Waals surface area contributed by atoms with Crippen molar-refractivity contribution in [2.75, 3.05) is 0 Å². The van der Waals surface area contributed by atoms with Gasteiger partial charge in [-0.1, -0.05) is 11.6 Å². The van der Waals surface area contributed by atoms with Gasteiger partial charge in [0.15, 0.2) is 0 Å². The van der Waals surface area contributed by atoms with Crippen molar-refractivity contribution in [2.45, 2.75) is 13.0 Å². The zero-order valence-electron chi connectivity index (χ0n) is 8.71. The number of hydrogen-bond acceptors (Lipinski definition) is 2. The van der Waals surface area contributed by atoms with Gasteiger partial charge < -0.3 is 10.2 Å². The fourth-order valence-electron chi connectivity index (χ4n) is 1.53. The zero-order valence-corrected chi connectivity index (χ0v) is 9.46. The third-order valence-corrected chi connectivity index (χ3v) is 2.70. The second-order valence-corrected chi connectivity index (χ2v) is 4.00. The molecule has 4 heteroatoms. The molecule has 1 atom stereocenters. The number of rotatable bonds is 2. The van der Waals surface area contributed by atoms with E-state index in [0.29, 0.717) is 16.3 Å². The van der Waals surface area contributed by atoms with Crippen LogP contribution in [0.15, 0.2) is 34.7 Å². The number of aryl methyl sites for hydroxylation is 1. The van der Waals surface area contributed by atoms with Gasteiger partial charge in [0.1, 0.15) is 17.3 Å². The predicted molar refractivity (Wildman–Crippen MR) is 60.9 cm³/mol. The normalized spacial score (nSPS) is 12.8. The highest BCUT2D eigenvalue weighted by atomic mass is 35.5. The predicted octanol–water partition coefficient (Wildman–Crippen LogP) is 3.43. The van der Waals surface area contributed by atoms with E-state index in [1.165, 1.54) is 18.2 Å². The molecule has 0 radical (unpaired) electrons. The molecular weight excluding hydrogens is 229 g/mol. The maximum Gasteiger partial charge on any atom is 0.125 e. The van der Waals surface area contributed by atoms with Crippen LogP contribution in [0.2, 0.25) is 5.02 Å². The Morgan fingerprint density at radius 2 is 2.06 bits per heavy atom. The first-order valence-corrected chi connectivity index (χ1v) is 5.22. The van der Waals surface area contributed by atoms with Crippen molar-refractivity contribution < 1.29 is 8.81 Å². The fourth-order valence-corrected chi connectivity index (χ4v) is 1.76. The summed E-state index contributed by atoms with van der Waals surface area (Å²) in [6.45, 7) is 1.82. The first-order chi connectivity index (χ1) is 7.58. The average Bonchev–Trinajstić information content (AvgIpc) is 2.67. The lowest BCUT2D eigenvalue weighted by molar-refractivity contribution is 0.465. The summed E-state index contributed by atoms with van der Waals surface area (Å²) in [6, 6.07) is 7.14. The molecule has 1 aromatic heterocycles. The Morgan fingerprint density at radius 1 is 1.31 bits per heavy atom. The van der Waals surface area contributed by atoms with Crippen LogP contribution in [0.1, 0.15) is 23.1 Å². The third-order valence-electron chi connectivity index (χ3n) is 2.36. The minimum absolute atomic E-state index is 0.363. The van der Waals surface area contributed by atoms with Gasteiger partial charge in [-0.3, -0.25) is 0 Å². The second-order valence-electron chi connectivity index (χ2n) is 3.59. The van der Waals surface area contributed by atoms with E-state index in [1.807, 2.05) is 13.0 Å². The largest absolute Gasteiger partial charge is 0.464 e. The lowest BCUT2D eigenvalue weighted by atomic mass is 10.1. The quantitative estimate of drug-likeness (QED) is 0.872. The van der Waals surface area contributed by atoms with Crippen molar-refractivity contribution in [1.82, 2.24) is 0 Å². The van der Waals surface area contributed by atoms with E-state index < -0.39 is 6.04 Å². The molecule has 1 aromatic carbocycles. The van der Waals surface area contributed by atoms with Crippen molar-refractivity contribution in [3.05, 3.63) is 58.3 Å². The summed E-state index contributed by atoms with van der Waals surface area (Å²) in [7, 11) is 0. The molecule has 0 aliphatic rings. The van der Waals surface area contributed by atoms with Crippen LogP contribution >= 0.6 is 11.6 Å². The first kappa shape index (κ1) is 11.2. The van der Waals surface area contributed by atoms with Gasteiger partial charge in [0.05, 0.1) is 6.04 Å². The second kappa shape index (κ2) is 4.28. The van der Waals surface area contributed by atoms with E-state index in [0.717, 1.165) is 5.76 Å². The smallest absolute Gasteiger partial charge is 0.125 e. The monoisotopic (exact) mass is 239 g/mol. The maximum absolute atomic E-state index is 13.1. The Kier molecular flexibility index (Phi) is 2.99. The van der Waals surface area contributed by atoms with Gasteiger partial charge in [-0.25, -0.2) is 4.39 Å². The van der Waals surface area contributed by atoms with E-state index in [9.17, 15) is 4.39 Å². The molecular formula is C12H11ClFNO. The molecule has 0 aliphatic carbocycles. The van der Waals surface area contributed by atoms with Gasteiger partial charge in [0.2, 0.25) is 0 Å². The van der Waals surface area contributed by atoms with Crippen LogP contribution in [-0.2, 0) is 0 Å². The topological polar surface area (TPSA) is 39.2 Å². The Hall–Kier alpha value is -1.32. The summed E-state index contributed by atoms with van der Waals surface area (Å²) in [5.41, 5.74) is 6.48. The first-order valence-electron chi connectivity index (χ1n) is 4.85. The molecule has 2 rings (SSSR count). The fraction of sp³-hybridized carbons (Fsp3) is 0.167. The SMILES string of the molecule is Cc1ccc(C(N)c2cc(F)ccc2Cl)o1. The Bertz CT molecular complexity index is 509. The number of hydrogen-bond donors (Lipinski definition) is 1. The molecule has 0 aliphatic heterocycles. The number of nitrogens with two attached hydrogens (primary N) is 1. The summed E-state index contributed by atoms with van der Waals surface area (Å²) in [5, 5.41) is 0.433. The molecule has 0 amide bonds. The van der Waals surface area contributed by atoms with E-state index in [-0.39, 0.29) is 5.82 Å². The van der Waals surface area contributed by atoms with E-state index in [2.05, 4.69) is 0 Å². The molecule has 2 nitrogen and oxygen atoms in total. The molecule has 2 aromatic rings. The summed E-state index contributed by atoms with van der Waals surface area (Å²) < 4.78 is 18.5. The molecule has 1 unspecified atom stereocenters. The van der Waals surface area contributed by atoms with Gasteiger partial charge in [-0.05, 0) is 42.8 Å². The highest BCUT2D eigenvalue weighted by Gasteiger charge is 2.16. The van der Waals surface area contributed by atoms with Gasteiger partial charge in [0, 0.05) is 5.02 Å². The molecule has 2 N–H and O–H groups in total. The molecule has 1 heterocycles. The lowest BCUT2D eigenvalue weighted by Crippen LogP contribution is -2.11. The van der Waals surface area contributed by atoms with Crippen LogP contribution in [0.25, 0.3) is 0 Å². The highest BCUT2D eigenvalue weighted by molar-refractivity contribution is 6.31. The molecule has 0 bridgehead atoms. The van der Waals surface area contributed by atoms with E-state index in [1.54, 1.807) is 6.07 Å². The zero-order chi connectivity index (χ0) is 11.7. The summed E-state index contributed by atoms with van der Waals surface area (Å²) in [5.74, 6) is 0.973. The van der Waals surface area contributed by atoms with Crippen molar-refractivity contribution in [3.8, 4) is 0 Å². The average molecular weight is 240 g/mol. The third kappa shape index (κ3) is 2.10. The van der Waals surface area contributed by atoms with Gasteiger partial charge in [0.25, 0.3) is 0 Å². The number of furan rings is 1. The van der Waals surface area contributed by atoms with E-state index >= 15 is 0 Å². The number of halogens is 2. The Balaban J connectivity index is 2.40. The molecule has 0 spiro atoms. The number of benzene rings is 1. The molecule has 16 heavy (non-hydrogen) atoms. The van der Waals surface area contributed by atoms with Crippen LogP contribution in [0.3, 0.4) is 0 Å². The minimum atomic E-state index is -0.545.